The maximum Gasteiger partial charge on any atom is 0.417 e. The highest BCUT2D eigenvalue weighted by molar-refractivity contribution is 6.54. The standard InChI is InChI=1S/C22H23F6N7O/c1-12-7-21(24,25)11-35(20(36)17(29)14(9-30-2)18-31-4-3-5-32-18)16(12)10-34-19-15(23)6-13(8-33-19)22(26,27)28/h3-6,8-9,12,16,29-30H,7,10-11H2,1-2H3,(H,33,34)/b14-9+,29-17?/t12-,16-/m1/s1. The number of pyridine rings is 1. The molecule has 194 valence electrons. The predicted octanol–water partition coefficient (Wildman–Crippen LogP) is 3.59. The van der Waals surface area contributed by atoms with Gasteiger partial charge in [0.2, 0.25) is 0 Å². The Morgan fingerprint density at radius 3 is 2.53 bits per heavy atom. The average molecular weight is 515 g/mol. The van der Waals surface area contributed by atoms with E-state index in [1.165, 1.54) is 38.6 Å². The summed E-state index contributed by atoms with van der Waals surface area (Å²) in [6.07, 6.45) is -0.869. The first kappa shape index (κ1) is 26.9. The molecule has 3 heterocycles. The molecule has 0 saturated carbocycles. The molecule has 1 fully saturated rings. The van der Waals surface area contributed by atoms with Crippen molar-refractivity contribution in [2.45, 2.75) is 31.5 Å². The molecule has 0 radical (unpaired) electrons. The van der Waals surface area contributed by atoms with E-state index in [1.807, 2.05) is 0 Å². The van der Waals surface area contributed by atoms with Crippen molar-refractivity contribution in [3.8, 4) is 0 Å². The number of anilines is 1. The summed E-state index contributed by atoms with van der Waals surface area (Å²) in [7, 11) is 1.51. The third-order valence-electron chi connectivity index (χ3n) is 5.57. The lowest BCUT2D eigenvalue weighted by molar-refractivity contribution is -0.145. The van der Waals surface area contributed by atoms with Crippen LogP contribution in [0.25, 0.3) is 5.57 Å². The number of aromatic nitrogens is 3. The largest absolute Gasteiger partial charge is 0.417 e. The number of hydrogen-bond acceptors (Lipinski definition) is 7. The summed E-state index contributed by atoms with van der Waals surface area (Å²) in [5.74, 6) is -6.89. The van der Waals surface area contributed by atoms with Crippen molar-refractivity contribution in [3.05, 3.63) is 54.1 Å². The molecule has 2 atom stereocenters. The molecule has 36 heavy (non-hydrogen) atoms. The first-order valence-corrected chi connectivity index (χ1v) is 10.7. The van der Waals surface area contributed by atoms with Crippen LogP contribution in [0.4, 0.5) is 32.2 Å². The van der Waals surface area contributed by atoms with E-state index < -0.39 is 65.8 Å². The second-order valence-corrected chi connectivity index (χ2v) is 8.26. The molecule has 3 rings (SSSR count). The maximum atomic E-state index is 14.4. The summed E-state index contributed by atoms with van der Waals surface area (Å²) in [4.78, 5) is 25.5. The van der Waals surface area contributed by atoms with Crippen molar-refractivity contribution in [2.24, 2.45) is 5.92 Å². The molecule has 2 aromatic rings. The van der Waals surface area contributed by atoms with Crippen LogP contribution in [0.1, 0.15) is 24.7 Å². The summed E-state index contributed by atoms with van der Waals surface area (Å²) >= 11 is 0. The van der Waals surface area contributed by atoms with E-state index in [0.717, 1.165) is 4.90 Å². The molecule has 0 unspecified atom stereocenters. The number of alkyl halides is 5. The zero-order chi connectivity index (χ0) is 26.7. The average Bonchev–Trinajstić information content (AvgIpc) is 2.80. The monoisotopic (exact) mass is 515 g/mol. The minimum absolute atomic E-state index is 0.0210. The normalized spacial score (nSPS) is 20.1. The second kappa shape index (κ2) is 10.5. The molecule has 2 aromatic heterocycles. The molecular weight excluding hydrogens is 492 g/mol. The fourth-order valence-corrected chi connectivity index (χ4v) is 3.89. The summed E-state index contributed by atoms with van der Waals surface area (Å²) in [6, 6.07) is 0.837. The van der Waals surface area contributed by atoms with Crippen LogP contribution < -0.4 is 10.6 Å². The molecular formula is C22H23F6N7O. The highest BCUT2D eigenvalue weighted by atomic mass is 19.4. The van der Waals surface area contributed by atoms with Gasteiger partial charge in [0.1, 0.15) is 5.71 Å². The van der Waals surface area contributed by atoms with Crippen LogP contribution in [0.3, 0.4) is 0 Å². The Kier molecular flexibility index (Phi) is 7.84. The van der Waals surface area contributed by atoms with Crippen molar-refractivity contribution in [3.63, 3.8) is 0 Å². The van der Waals surface area contributed by atoms with Crippen molar-refractivity contribution in [2.75, 3.05) is 25.5 Å². The smallest absolute Gasteiger partial charge is 0.393 e. The number of nitrogens with one attached hydrogen (secondary N) is 3. The van der Waals surface area contributed by atoms with Gasteiger partial charge >= 0.3 is 6.18 Å². The van der Waals surface area contributed by atoms with Gasteiger partial charge in [0.25, 0.3) is 11.8 Å². The first-order chi connectivity index (χ1) is 16.8. The van der Waals surface area contributed by atoms with Gasteiger partial charge < -0.3 is 15.5 Å². The Morgan fingerprint density at radius 1 is 1.28 bits per heavy atom. The molecule has 1 saturated heterocycles. The van der Waals surface area contributed by atoms with Crippen LogP contribution in [0.15, 0.2) is 36.9 Å². The fourth-order valence-electron chi connectivity index (χ4n) is 3.89. The van der Waals surface area contributed by atoms with Gasteiger partial charge in [-0.25, -0.2) is 28.1 Å². The van der Waals surface area contributed by atoms with Gasteiger partial charge in [-0.1, -0.05) is 6.92 Å². The Labute approximate surface area is 202 Å². The zero-order valence-corrected chi connectivity index (χ0v) is 19.2. The minimum atomic E-state index is -4.79. The van der Waals surface area contributed by atoms with Crippen molar-refractivity contribution >= 4 is 23.0 Å². The molecule has 1 aliphatic heterocycles. The number of piperidine rings is 1. The van der Waals surface area contributed by atoms with Gasteiger partial charge in [-0.05, 0) is 18.1 Å². The number of rotatable bonds is 7. The third kappa shape index (κ3) is 6.10. The SMILES string of the molecule is CN/C=C(\C(=N)C(=O)N1CC(F)(F)C[C@@H](C)[C@H]1CNc1ncc(C(F)(F)F)cc1F)c1ncccn1. The third-order valence-corrected chi connectivity index (χ3v) is 5.57. The summed E-state index contributed by atoms with van der Waals surface area (Å²) in [6.45, 7) is 0.166. The van der Waals surface area contributed by atoms with E-state index in [-0.39, 0.29) is 24.0 Å². The Bertz CT molecular complexity index is 1140. The lowest BCUT2D eigenvalue weighted by atomic mass is 9.87. The molecule has 0 aromatic carbocycles. The van der Waals surface area contributed by atoms with E-state index in [1.54, 1.807) is 0 Å². The first-order valence-electron chi connectivity index (χ1n) is 10.7. The molecule has 0 aliphatic carbocycles. The van der Waals surface area contributed by atoms with Gasteiger partial charge in [0.05, 0.1) is 23.7 Å². The van der Waals surface area contributed by atoms with Crippen molar-refractivity contribution in [1.29, 1.82) is 5.41 Å². The Hall–Kier alpha value is -3.71. The topological polar surface area (TPSA) is 107 Å². The predicted molar refractivity (Wildman–Crippen MR) is 119 cm³/mol. The van der Waals surface area contributed by atoms with Gasteiger partial charge in [-0.2, -0.15) is 13.2 Å². The van der Waals surface area contributed by atoms with E-state index in [0.29, 0.717) is 6.20 Å². The van der Waals surface area contributed by atoms with E-state index in [4.69, 9.17) is 5.41 Å². The number of amides is 1. The van der Waals surface area contributed by atoms with Gasteiger partial charge in [0.15, 0.2) is 17.5 Å². The van der Waals surface area contributed by atoms with Crippen molar-refractivity contribution < 1.29 is 31.1 Å². The quantitative estimate of drug-likeness (QED) is 0.385. The lowest BCUT2D eigenvalue weighted by Crippen LogP contribution is -2.59. The van der Waals surface area contributed by atoms with E-state index >= 15 is 0 Å². The molecule has 8 nitrogen and oxygen atoms in total. The maximum absolute atomic E-state index is 14.4. The van der Waals surface area contributed by atoms with Crippen LogP contribution in [0, 0.1) is 17.1 Å². The molecule has 0 spiro atoms. The molecule has 1 amide bonds. The second-order valence-electron chi connectivity index (χ2n) is 8.26. The molecule has 1 aliphatic rings. The van der Waals surface area contributed by atoms with E-state index in [2.05, 4.69) is 25.6 Å². The Morgan fingerprint density at radius 2 is 1.94 bits per heavy atom. The summed E-state index contributed by atoms with van der Waals surface area (Å²) < 4.78 is 81.4. The van der Waals surface area contributed by atoms with Crippen molar-refractivity contribution in [1.82, 2.24) is 25.2 Å². The van der Waals surface area contributed by atoms with E-state index in [9.17, 15) is 31.1 Å². The fraction of sp³-hybridized carbons (Fsp3) is 0.409. The highest BCUT2D eigenvalue weighted by Gasteiger charge is 2.47. The number of nitrogens with zero attached hydrogens (tertiary/aromatic N) is 4. The van der Waals surface area contributed by atoms with Crippen LogP contribution in [-0.4, -0.2) is 63.6 Å². The van der Waals surface area contributed by atoms with Crippen LogP contribution in [0.5, 0.6) is 0 Å². The van der Waals surface area contributed by atoms with Crippen LogP contribution in [0.2, 0.25) is 0 Å². The summed E-state index contributed by atoms with van der Waals surface area (Å²) in [5, 5.41) is 13.6. The number of carbonyl (C=O) groups is 1. The number of likely N-dealkylation sites (tertiary alicyclic amines) is 1. The van der Waals surface area contributed by atoms with Gasteiger partial charge in [-0.3, -0.25) is 10.2 Å². The number of halogens is 6. The number of hydrogen-bond donors (Lipinski definition) is 3. The van der Waals surface area contributed by atoms with Gasteiger partial charge in [0, 0.05) is 44.8 Å². The Balaban J connectivity index is 1.86. The molecule has 3 N–H and O–H groups in total. The summed E-state index contributed by atoms with van der Waals surface area (Å²) in [5.41, 5.74) is -1.97. The number of carbonyl (C=O) groups excluding carboxylic acids is 1. The highest BCUT2D eigenvalue weighted by Crippen LogP contribution is 2.35. The molecule has 0 bridgehead atoms. The molecule has 14 heteroatoms. The zero-order valence-electron chi connectivity index (χ0n) is 19.2. The lowest BCUT2D eigenvalue weighted by Gasteiger charge is -2.43. The minimum Gasteiger partial charge on any atom is -0.393 e. The van der Waals surface area contributed by atoms with Gasteiger partial charge in [-0.15, -0.1) is 0 Å². The van der Waals surface area contributed by atoms with Crippen LogP contribution >= 0.6 is 0 Å². The van der Waals surface area contributed by atoms with Crippen LogP contribution in [-0.2, 0) is 11.0 Å².